The van der Waals surface area contributed by atoms with E-state index in [-0.39, 0.29) is 12.0 Å². The van der Waals surface area contributed by atoms with Gasteiger partial charge < -0.3 is 14.4 Å². The fourth-order valence-electron chi connectivity index (χ4n) is 2.66. The van der Waals surface area contributed by atoms with Gasteiger partial charge in [0.05, 0.1) is 19.3 Å². The number of hydrogen-bond donors (Lipinski definition) is 0. The number of ether oxygens (including phenoxy) is 2. The number of carbonyl (C=O) groups excluding carboxylic acids is 1. The minimum atomic E-state index is -0.0315. The van der Waals surface area contributed by atoms with Crippen LogP contribution in [0, 0.1) is 12.8 Å². The highest BCUT2D eigenvalue weighted by molar-refractivity contribution is 6.31. The molecule has 0 radical (unpaired) electrons. The standard InChI is InChI=1S/C17H22ClNO3/c1-12-15(3-2-4-16(12)18)17(20)19-7-8-22-14(9-19)11-21-10-13-5-6-13/h2-4,13-14H,5-11H2,1H3/t14-/m0/s1. The first-order valence-corrected chi connectivity index (χ1v) is 8.26. The van der Waals surface area contributed by atoms with Gasteiger partial charge in [-0.05, 0) is 43.4 Å². The Hall–Kier alpha value is -1.10. The molecular formula is C17H22ClNO3. The second kappa shape index (κ2) is 6.99. The van der Waals surface area contributed by atoms with E-state index in [0.29, 0.717) is 36.9 Å². The molecular weight excluding hydrogens is 302 g/mol. The van der Waals surface area contributed by atoms with E-state index in [4.69, 9.17) is 21.1 Å². The number of nitrogens with zero attached hydrogens (tertiary/aromatic N) is 1. The van der Waals surface area contributed by atoms with E-state index < -0.39 is 0 Å². The lowest BCUT2D eigenvalue weighted by atomic mass is 10.1. The highest BCUT2D eigenvalue weighted by Gasteiger charge is 2.27. The van der Waals surface area contributed by atoms with E-state index in [2.05, 4.69) is 0 Å². The zero-order valence-corrected chi connectivity index (χ0v) is 13.6. The van der Waals surface area contributed by atoms with E-state index in [9.17, 15) is 4.79 Å². The summed E-state index contributed by atoms with van der Waals surface area (Å²) < 4.78 is 11.4. The number of halogens is 1. The van der Waals surface area contributed by atoms with Gasteiger partial charge in [0.1, 0.15) is 0 Å². The van der Waals surface area contributed by atoms with Crippen molar-refractivity contribution >= 4 is 17.5 Å². The summed E-state index contributed by atoms with van der Waals surface area (Å²) in [7, 11) is 0. The van der Waals surface area contributed by atoms with E-state index in [1.54, 1.807) is 0 Å². The molecule has 1 saturated carbocycles. The van der Waals surface area contributed by atoms with Gasteiger partial charge in [-0.3, -0.25) is 4.79 Å². The summed E-state index contributed by atoms with van der Waals surface area (Å²) in [5.41, 5.74) is 1.51. The van der Waals surface area contributed by atoms with Crippen molar-refractivity contribution in [1.82, 2.24) is 4.90 Å². The van der Waals surface area contributed by atoms with E-state index in [1.807, 2.05) is 30.0 Å². The molecule has 5 heteroatoms. The van der Waals surface area contributed by atoms with Crippen molar-refractivity contribution in [3.05, 3.63) is 34.3 Å². The van der Waals surface area contributed by atoms with Crippen molar-refractivity contribution in [3.63, 3.8) is 0 Å². The highest BCUT2D eigenvalue weighted by atomic mass is 35.5. The summed E-state index contributed by atoms with van der Waals surface area (Å²) in [5, 5.41) is 0.628. The van der Waals surface area contributed by atoms with Crippen molar-refractivity contribution < 1.29 is 14.3 Å². The van der Waals surface area contributed by atoms with E-state index >= 15 is 0 Å². The molecule has 1 aromatic carbocycles. The number of benzene rings is 1. The molecule has 0 N–H and O–H groups in total. The van der Waals surface area contributed by atoms with Gasteiger partial charge in [-0.15, -0.1) is 0 Å². The second-order valence-corrected chi connectivity index (χ2v) is 6.54. The normalized spacial score (nSPS) is 21.9. The van der Waals surface area contributed by atoms with Crippen molar-refractivity contribution in [1.29, 1.82) is 0 Å². The molecule has 1 aliphatic heterocycles. The molecule has 1 heterocycles. The third kappa shape index (κ3) is 3.80. The maximum atomic E-state index is 12.7. The summed E-state index contributed by atoms with van der Waals surface area (Å²) in [4.78, 5) is 14.5. The topological polar surface area (TPSA) is 38.8 Å². The Morgan fingerprint density at radius 3 is 3.00 bits per heavy atom. The lowest BCUT2D eigenvalue weighted by Crippen LogP contribution is -2.47. The predicted molar refractivity (Wildman–Crippen MR) is 85.4 cm³/mol. The van der Waals surface area contributed by atoms with Crippen LogP contribution in [0.15, 0.2) is 18.2 Å². The SMILES string of the molecule is Cc1c(Cl)cccc1C(=O)N1CCO[C@H](COCC2CC2)C1. The molecule has 120 valence electrons. The fraction of sp³-hybridized carbons (Fsp3) is 0.588. The van der Waals surface area contributed by atoms with Gasteiger partial charge in [-0.25, -0.2) is 0 Å². The van der Waals surface area contributed by atoms with Crippen LogP contribution >= 0.6 is 11.6 Å². The van der Waals surface area contributed by atoms with Gasteiger partial charge >= 0.3 is 0 Å². The Kier molecular flexibility index (Phi) is 5.01. The Bertz CT molecular complexity index is 545. The van der Waals surface area contributed by atoms with Gasteiger partial charge in [0, 0.05) is 30.3 Å². The van der Waals surface area contributed by atoms with Crippen LogP contribution < -0.4 is 0 Å². The molecule has 2 fully saturated rings. The molecule has 0 unspecified atom stereocenters. The number of rotatable bonds is 5. The van der Waals surface area contributed by atoms with Gasteiger partial charge in [0.15, 0.2) is 0 Å². The Labute approximate surface area is 136 Å². The number of hydrogen-bond acceptors (Lipinski definition) is 3. The largest absolute Gasteiger partial charge is 0.378 e. The smallest absolute Gasteiger partial charge is 0.254 e. The van der Waals surface area contributed by atoms with Crippen LogP contribution in [0.3, 0.4) is 0 Å². The fourth-order valence-corrected chi connectivity index (χ4v) is 2.84. The first-order chi connectivity index (χ1) is 10.6. The summed E-state index contributed by atoms with van der Waals surface area (Å²) in [5.74, 6) is 0.769. The van der Waals surface area contributed by atoms with Crippen molar-refractivity contribution in [2.24, 2.45) is 5.92 Å². The second-order valence-electron chi connectivity index (χ2n) is 6.14. The molecule has 1 aromatic rings. The van der Waals surface area contributed by atoms with Crippen LogP contribution in [0.4, 0.5) is 0 Å². The predicted octanol–water partition coefficient (Wildman–Crippen LogP) is 2.92. The average Bonchev–Trinajstić information content (AvgIpc) is 3.34. The summed E-state index contributed by atoms with van der Waals surface area (Å²) in [6.45, 7) is 5.02. The van der Waals surface area contributed by atoms with Crippen LogP contribution in [-0.4, -0.2) is 49.8 Å². The number of carbonyl (C=O) groups is 1. The Morgan fingerprint density at radius 2 is 2.23 bits per heavy atom. The maximum Gasteiger partial charge on any atom is 0.254 e. The average molecular weight is 324 g/mol. The summed E-state index contributed by atoms with van der Waals surface area (Å²) in [6.07, 6.45) is 2.53. The van der Waals surface area contributed by atoms with Crippen LogP contribution in [0.5, 0.6) is 0 Å². The molecule has 3 rings (SSSR count). The molecule has 1 atom stereocenters. The van der Waals surface area contributed by atoms with Gasteiger partial charge in [-0.2, -0.15) is 0 Å². The van der Waals surface area contributed by atoms with E-state index in [0.717, 1.165) is 18.1 Å². The summed E-state index contributed by atoms with van der Waals surface area (Å²) in [6, 6.07) is 5.46. The first kappa shape index (κ1) is 15.8. The monoisotopic (exact) mass is 323 g/mol. The lowest BCUT2D eigenvalue weighted by molar-refractivity contribution is -0.0628. The zero-order chi connectivity index (χ0) is 15.5. The third-order valence-electron chi connectivity index (χ3n) is 4.28. The van der Waals surface area contributed by atoms with Crippen molar-refractivity contribution in [2.45, 2.75) is 25.9 Å². The lowest BCUT2D eigenvalue weighted by Gasteiger charge is -2.33. The molecule has 22 heavy (non-hydrogen) atoms. The number of amides is 1. The Morgan fingerprint density at radius 1 is 1.41 bits per heavy atom. The third-order valence-corrected chi connectivity index (χ3v) is 4.69. The first-order valence-electron chi connectivity index (χ1n) is 7.89. The Balaban J connectivity index is 1.58. The van der Waals surface area contributed by atoms with E-state index in [1.165, 1.54) is 12.8 Å². The maximum absolute atomic E-state index is 12.7. The molecule has 1 aliphatic carbocycles. The minimum absolute atomic E-state index is 0.0236. The summed E-state index contributed by atoms with van der Waals surface area (Å²) >= 11 is 6.11. The molecule has 0 spiro atoms. The molecule has 0 bridgehead atoms. The molecule has 0 aromatic heterocycles. The van der Waals surface area contributed by atoms with Crippen molar-refractivity contribution in [3.8, 4) is 0 Å². The zero-order valence-electron chi connectivity index (χ0n) is 12.9. The van der Waals surface area contributed by atoms with Crippen LogP contribution in [0.2, 0.25) is 5.02 Å². The number of morpholine rings is 1. The molecule has 1 amide bonds. The van der Waals surface area contributed by atoms with Crippen molar-refractivity contribution in [2.75, 3.05) is 32.9 Å². The molecule has 2 aliphatic rings. The quantitative estimate of drug-likeness (QED) is 0.836. The van der Waals surface area contributed by atoms with Gasteiger partial charge in [-0.1, -0.05) is 17.7 Å². The van der Waals surface area contributed by atoms with Gasteiger partial charge in [0.2, 0.25) is 0 Å². The van der Waals surface area contributed by atoms with Gasteiger partial charge in [0.25, 0.3) is 5.91 Å². The van der Waals surface area contributed by atoms with Crippen LogP contribution in [0.25, 0.3) is 0 Å². The highest BCUT2D eigenvalue weighted by Crippen LogP contribution is 2.29. The van der Waals surface area contributed by atoms with Crippen LogP contribution in [-0.2, 0) is 9.47 Å². The molecule has 4 nitrogen and oxygen atoms in total. The minimum Gasteiger partial charge on any atom is -0.378 e. The molecule has 1 saturated heterocycles. The van der Waals surface area contributed by atoms with Crippen LogP contribution in [0.1, 0.15) is 28.8 Å².